The number of nitro benzene ring substituents is 1. The number of hydrogen-bond acceptors (Lipinski definition) is 5. The summed E-state index contributed by atoms with van der Waals surface area (Å²) >= 11 is 1.25. The second-order valence-electron chi connectivity index (χ2n) is 4.07. The van der Waals surface area contributed by atoms with Crippen LogP contribution in [0.15, 0.2) is 39.9 Å². The Balaban J connectivity index is 2.15. The highest BCUT2D eigenvalue weighted by molar-refractivity contribution is 7.21. The van der Waals surface area contributed by atoms with Crippen LogP contribution in [0.4, 0.5) is 5.69 Å². The van der Waals surface area contributed by atoms with Crippen molar-refractivity contribution in [1.29, 1.82) is 0 Å². The molecule has 2 aromatic heterocycles. The zero-order valence-corrected chi connectivity index (χ0v) is 10.7. The van der Waals surface area contributed by atoms with E-state index in [1.54, 1.807) is 18.2 Å². The first kappa shape index (κ1) is 12.3. The summed E-state index contributed by atoms with van der Waals surface area (Å²) in [7, 11) is 0. The third-order valence-electron chi connectivity index (χ3n) is 2.79. The second-order valence-corrected chi connectivity index (χ2v) is 5.12. The first-order valence-electron chi connectivity index (χ1n) is 5.55. The predicted octanol–water partition coefficient (Wildman–Crippen LogP) is 1.85. The first-order chi connectivity index (χ1) is 9.54. The van der Waals surface area contributed by atoms with Crippen molar-refractivity contribution in [1.82, 2.24) is 9.97 Å². The summed E-state index contributed by atoms with van der Waals surface area (Å²) in [5.41, 5.74) is -0.258. The van der Waals surface area contributed by atoms with Gasteiger partial charge in [0.1, 0.15) is 4.83 Å². The van der Waals surface area contributed by atoms with Crippen molar-refractivity contribution in [3.05, 3.63) is 61.3 Å². The summed E-state index contributed by atoms with van der Waals surface area (Å²) in [6.07, 6.45) is 0. The number of hydrogen-bond donors (Lipinski definition) is 2. The third-order valence-corrected chi connectivity index (χ3v) is 3.89. The standard InChI is InChI=1S/C12H7N3O4S/c16-10-8-5-9(20-11(8)14-12(17)13-10)6-1-3-7(4-2-6)15(18)19/h1-5H,(H2,13,14,16,17). The summed E-state index contributed by atoms with van der Waals surface area (Å²) in [4.78, 5) is 38.9. The van der Waals surface area contributed by atoms with Crippen molar-refractivity contribution in [3.63, 3.8) is 0 Å². The fourth-order valence-electron chi connectivity index (χ4n) is 1.85. The molecule has 0 fully saturated rings. The summed E-state index contributed by atoms with van der Waals surface area (Å²) in [5, 5.41) is 11.0. The topological polar surface area (TPSA) is 109 Å². The van der Waals surface area contributed by atoms with Gasteiger partial charge in [-0.15, -0.1) is 11.3 Å². The van der Waals surface area contributed by atoms with Gasteiger partial charge in [0.15, 0.2) is 0 Å². The van der Waals surface area contributed by atoms with Gasteiger partial charge in [-0.25, -0.2) is 4.79 Å². The van der Waals surface area contributed by atoms with Gasteiger partial charge in [0.05, 0.1) is 10.3 Å². The Labute approximate surface area is 114 Å². The van der Waals surface area contributed by atoms with Crippen molar-refractivity contribution in [2.24, 2.45) is 0 Å². The Kier molecular flexibility index (Phi) is 2.72. The van der Waals surface area contributed by atoms with Gasteiger partial charge in [-0.2, -0.15) is 0 Å². The molecule has 0 spiro atoms. The molecule has 0 atom stereocenters. The number of aromatic nitrogens is 2. The fourth-order valence-corrected chi connectivity index (χ4v) is 2.90. The zero-order chi connectivity index (χ0) is 14.3. The maximum Gasteiger partial charge on any atom is 0.326 e. The molecule has 0 saturated carbocycles. The number of nitro groups is 1. The van der Waals surface area contributed by atoms with E-state index in [9.17, 15) is 19.7 Å². The van der Waals surface area contributed by atoms with Gasteiger partial charge >= 0.3 is 5.69 Å². The molecule has 8 heteroatoms. The molecule has 7 nitrogen and oxygen atoms in total. The number of nitrogens with one attached hydrogen (secondary N) is 2. The van der Waals surface area contributed by atoms with Crippen LogP contribution in [0.3, 0.4) is 0 Å². The van der Waals surface area contributed by atoms with Crippen LogP contribution in [0.2, 0.25) is 0 Å². The Bertz CT molecular complexity index is 920. The number of non-ortho nitro benzene ring substituents is 1. The number of rotatable bonds is 2. The van der Waals surface area contributed by atoms with Crippen molar-refractivity contribution in [2.45, 2.75) is 0 Å². The fraction of sp³-hybridized carbons (Fsp3) is 0. The molecule has 0 saturated heterocycles. The summed E-state index contributed by atoms with van der Waals surface area (Å²) < 4.78 is 0. The average Bonchev–Trinajstić information content (AvgIpc) is 2.83. The van der Waals surface area contributed by atoms with Crippen LogP contribution < -0.4 is 11.2 Å². The molecule has 2 N–H and O–H groups in total. The van der Waals surface area contributed by atoms with E-state index < -0.39 is 16.2 Å². The van der Waals surface area contributed by atoms with E-state index >= 15 is 0 Å². The van der Waals surface area contributed by atoms with Crippen LogP contribution in [0.25, 0.3) is 20.7 Å². The van der Waals surface area contributed by atoms with Crippen LogP contribution >= 0.6 is 11.3 Å². The van der Waals surface area contributed by atoms with E-state index in [0.29, 0.717) is 10.2 Å². The Morgan fingerprint density at radius 1 is 1.10 bits per heavy atom. The number of H-pyrrole nitrogens is 2. The Hall–Kier alpha value is -2.74. The molecule has 3 rings (SSSR count). The summed E-state index contributed by atoms with van der Waals surface area (Å²) in [6.45, 7) is 0. The van der Waals surface area contributed by atoms with E-state index in [0.717, 1.165) is 10.4 Å². The summed E-state index contributed by atoms with van der Waals surface area (Å²) in [6, 6.07) is 7.65. The highest BCUT2D eigenvalue weighted by atomic mass is 32.1. The van der Waals surface area contributed by atoms with Crippen molar-refractivity contribution in [3.8, 4) is 10.4 Å². The van der Waals surface area contributed by atoms with Crippen LogP contribution in [0.5, 0.6) is 0 Å². The molecule has 0 bridgehead atoms. The highest BCUT2D eigenvalue weighted by Gasteiger charge is 2.10. The van der Waals surface area contributed by atoms with Crippen LogP contribution in [0.1, 0.15) is 0 Å². The zero-order valence-electron chi connectivity index (χ0n) is 9.88. The number of aromatic amines is 2. The lowest BCUT2D eigenvalue weighted by Gasteiger charge is -1.95. The lowest BCUT2D eigenvalue weighted by molar-refractivity contribution is -0.384. The van der Waals surface area contributed by atoms with Gasteiger partial charge in [0.25, 0.3) is 11.2 Å². The van der Waals surface area contributed by atoms with E-state index in [1.807, 2.05) is 0 Å². The Morgan fingerprint density at radius 2 is 1.80 bits per heavy atom. The van der Waals surface area contributed by atoms with E-state index in [-0.39, 0.29) is 5.69 Å². The van der Waals surface area contributed by atoms with E-state index in [2.05, 4.69) is 9.97 Å². The minimum absolute atomic E-state index is 0.00103. The quantitative estimate of drug-likeness (QED) is 0.554. The van der Waals surface area contributed by atoms with Crippen LogP contribution in [0, 0.1) is 10.1 Å². The van der Waals surface area contributed by atoms with Gasteiger partial charge in [-0.3, -0.25) is 24.9 Å². The monoisotopic (exact) mass is 289 g/mol. The number of thiophene rings is 1. The van der Waals surface area contributed by atoms with Gasteiger partial charge in [0.2, 0.25) is 0 Å². The Morgan fingerprint density at radius 3 is 2.45 bits per heavy atom. The van der Waals surface area contributed by atoms with Gasteiger partial charge in [0, 0.05) is 17.0 Å². The molecular formula is C12H7N3O4S. The highest BCUT2D eigenvalue weighted by Crippen LogP contribution is 2.31. The molecule has 0 aliphatic heterocycles. The minimum Gasteiger partial charge on any atom is -0.298 e. The molecule has 3 aromatic rings. The molecule has 0 amide bonds. The molecule has 0 unspecified atom stereocenters. The molecule has 100 valence electrons. The normalized spacial score (nSPS) is 10.8. The number of nitrogens with zero attached hydrogens (tertiary/aromatic N) is 1. The van der Waals surface area contributed by atoms with Crippen molar-refractivity contribution >= 4 is 27.2 Å². The SMILES string of the molecule is O=c1[nH]c(=O)c2cc(-c3ccc([N+](=O)[O-])cc3)sc2[nH]1. The van der Waals surface area contributed by atoms with Gasteiger partial charge in [-0.1, -0.05) is 0 Å². The maximum absolute atomic E-state index is 11.6. The molecule has 2 heterocycles. The van der Waals surface area contributed by atoms with Gasteiger partial charge in [-0.05, 0) is 23.8 Å². The van der Waals surface area contributed by atoms with Crippen molar-refractivity contribution < 1.29 is 4.92 Å². The van der Waals surface area contributed by atoms with E-state index in [4.69, 9.17) is 0 Å². The lowest BCUT2D eigenvalue weighted by atomic mass is 10.1. The number of fused-ring (bicyclic) bond motifs is 1. The number of benzene rings is 1. The van der Waals surface area contributed by atoms with Crippen LogP contribution in [-0.2, 0) is 0 Å². The second kappa shape index (κ2) is 4.42. The molecule has 20 heavy (non-hydrogen) atoms. The smallest absolute Gasteiger partial charge is 0.298 e. The van der Waals surface area contributed by atoms with Crippen molar-refractivity contribution in [2.75, 3.05) is 0 Å². The van der Waals surface area contributed by atoms with Crippen LogP contribution in [-0.4, -0.2) is 14.9 Å². The molecule has 0 aliphatic carbocycles. The lowest BCUT2D eigenvalue weighted by Crippen LogP contribution is -2.20. The minimum atomic E-state index is -0.556. The maximum atomic E-state index is 11.6. The largest absolute Gasteiger partial charge is 0.326 e. The average molecular weight is 289 g/mol. The summed E-state index contributed by atoms with van der Waals surface area (Å²) in [5.74, 6) is 0. The first-order valence-corrected chi connectivity index (χ1v) is 6.37. The predicted molar refractivity (Wildman–Crippen MR) is 75.2 cm³/mol. The van der Waals surface area contributed by atoms with Gasteiger partial charge < -0.3 is 0 Å². The molecule has 0 aliphatic rings. The molecule has 0 radical (unpaired) electrons. The molecule has 1 aromatic carbocycles. The molecular weight excluding hydrogens is 282 g/mol. The van der Waals surface area contributed by atoms with E-state index in [1.165, 1.54) is 23.5 Å². The third kappa shape index (κ3) is 2.01.